The summed E-state index contributed by atoms with van der Waals surface area (Å²) in [7, 11) is 0. The summed E-state index contributed by atoms with van der Waals surface area (Å²) < 4.78 is 8.61. The Hall–Kier alpha value is -7.68. The van der Waals surface area contributed by atoms with Crippen LogP contribution < -0.4 is 0 Å². The molecule has 58 heavy (non-hydrogen) atoms. The van der Waals surface area contributed by atoms with Crippen LogP contribution in [0.4, 0.5) is 0 Å². The lowest BCUT2D eigenvalue weighted by atomic mass is 9.97. The largest absolute Gasteiger partial charge is 0.456 e. The summed E-state index contributed by atoms with van der Waals surface area (Å²) in [6, 6.07) is 78.4. The average Bonchev–Trinajstić information content (AvgIpc) is 3.88. The minimum Gasteiger partial charge on any atom is -0.456 e. The third kappa shape index (κ3) is 6.09. The predicted octanol–water partition coefficient (Wildman–Crippen LogP) is 15.5. The van der Waals surface area contributed by atoms with E-state index in [1.54, 1.807) is 0 Å². The van der Waals surface area contributed by atoms with Crippen LogP contribution in [0.25, 0.3) is 105 Å². The number of fused-ring (bicyclic) bond motifs is 4. The SMILES string of the molecule is c1ccc(-c2ccc(-c3ccc4c(c3)c(-c3ccc(-c5ccccc5)cc3)cn4-c3ccc(-c4ccc5oc6ccc(-c7ccccc7)cc6c5c4)cc3)cc2)cc1. The fourth-order valence-corrected chi connectivity index (χ4v) is 8.39. The molecule has 0 atom stereocenters. The van der Waals surface area contributed by atoms with Crippen molar-refractivity contribution in [2.75, 3.05) is 0 Å². The number of hydrogen-bond acceptors (Lipinski definition) is 1. The molecular formula is C56H37NO. The quantitative estimate of drug-likeness (QED) is 0.159. The van der Waals surface area contributed by atoms with Gasteiger partial charge in [0.25, 0.3) is 0 Å². The number of rotatable bonds is 7. The second-order valence-corrected chi connectivity index (χ2v) is 15.0. The lowest BCUT2D eigenvalue weighted by Crippen LogP contribution is -1.92. The highest BCUT2D eigenvalue weighted by Crippen LogP contribution is 2.39. The first-order valence-corrected chi connectivity index (χ1v) is 19.8. The molecule has 2 aromatic heterocycles. The smallest absolute Gasteiger partial charge is 0.135 e. The van der Waals surface area contributed by atoms with Crippen molar-refractivity contribution in [2.45, 2.75) is 0 Å². The van der Waals surface area contributed by atoms with Crippen molar-refractivity contribution in [1.29, 1.82) is 0 Å². The van der Waals surface area contributed by atoms with Crippen LogP contribution in [0.1, 0.15) is 0 Å². The Bertz CT molecular complexity index is 3210. The molecule has 0 unspecified atom stereocenters. The third-order valence-corrected chi connectivity index (χ3v) is 11.5. The van der Waals surface area contributed by atoms with Gasteiger partial charge in [0, 0.05) is 33.6 Å². The van der Waals surface area contributed by atoms with Crippen molar-refractivity contribution in [1.82, 2.24) is 4.57 Å². The molecule has 0 radical (unpaired) electrons. The molecule has 2 heterocycles. The van der Waals surface area contributed by atoms with E-state index in [-0.39, 0.29) is 0 Å². The van der Waals surface area contributed by atoms with Gasteiger partial charge in [0.05, 0.1) is 5.52 Å². The Morgan fingerprint density at radius 1 is 0.276 bits per heavy atom. The second kappa shape index (κ2) is 14.1. The summed E-state index contributed by atoms with van der Waals surface area (Å²) in [5, 5.41) is 3.47. The van der Waals surface area contributed by atoms with Gasteiger partial charge in [-0.15, -0.1) is 0 Å². The van der Waals surface area contributed by atoms with Gasteiger partial charge in [0.1, 0.15) is 11.2 Å². The standard InChI is InChI=1S/C56H37NO/c1-4-10-38(11-5-1)41-16-18-43(19-17-41)46-26-31-54-50(34-46)53(45-22-20-42(21-23-45)39-12-6-2-7-13-39)37-57(54)49-29-24-44(25-30-49)48-28-33-56-52(36-48)51-35-47(27-32-55(51)58-56)40-14-8-3-9-15-40/h1-37H. The predicted molar refractivity (Wildman–Crippen MR) is 243 cm³/mol. The molecule has 0 fully saturated rings. The summed E-state index contributed by atoms with van der Waals surface area (Å²) in [5.41, 5.74) is 18.4. The molecule has 2 nitrogen and oxygen atoms in total. The Morgan fingerprint density at radius 2 is 0.621 bits per heavy atom. The molecule has 0 N–H and O–H groups in total. The number of hydrogen-bond donors (Lipinski definition) is 0. The lowest BCUT2D eigenvalue weighted by Gasteiger charge is -2.09. The Morgan fingerprint density at radius 3 is 1.10 bits per heavy atom. The molecular weight excluding hydrogens is 703 g/mol. The highest BCUT2D eigenvalue weighted by molar-refractivity contribution is 6.07. The van der Waals surface area contributed by atoms with Gasteiger partial charge in [-0.05, 0) is 110 Å². The lowest BCUT2D eigenvalue weighted by molar-refractivity contribution is 0.669. The van der Waals surface area contributed by atoms with Crippen LogP contribution >= 0.6 is 0 Å². The fourth-order valence-electron chi connectivity index (χ4n) is 8.39. The van der Waals surface area contributed by atoms with Gasteiger partial charge in [-0.3, -0.25) is 0 Å². The van der Waals surface area contributed by atoms with Gasteiger partial charge in [0.2, 0.25) is 0 Å². The second-order valence-electron chi connectivity index (χ2n) is 15.0. The monoisotopic (exact) mass is 739 g/mol. The van der Waals surface area contributed by atoms with Crippen LogP contribution in [-0.2, 0) is 0 Å². The highest BCUT2D eigenvalue weighted by atomic mass is 16.3. The molecule has 0 saturated carbocycles. The van der Waals surface area contributed by atoms with Crippen molar-refractivity contribution in [3.05, 3.63) is 225 Å². The summed E-state index contributed by atoms with van der Waals surface area (Å²) in [6.07, 6.45) is 2.30. The summed E-state index contributed by atoms with van der Waals surface area (Å²) in [6.45, 7) is 0. The van der Waals surface area contributed by atoms with Crippen LogP contribution in [0.2, 0.25) is 0 Å². The molecule has 11 rings (SSSR count). The van der Waals surface area contributed by atoms with Crippen LogP contribution in [0.3, 0.4) is 0 Å². The molecule has 9 aromatic carbocycles. The van der Waals surface area contributed by atoms with Gasteiger partial charge in [-0.2, -0.15) is 0 Å². The molecule has 0 saturated heterocycles. The van der Waals surface area contributed by atoms with Crippen molar-refractivity contribution < 1.29 is 4.42 Å². The van der Waals surface area contributed by atoms with Gasteiger partial charge in [-0.1, -0.05) is 170 Å². The van der Waals surface area contributed by atoms with E-state index < -0.39 is 0 Å². The summed E-state index contributed by atoms with van der Waals surface area (Å²) in [5.74, 6) is 0. The molecule has 0 aliphatic heterocycles. The first kappa shape index (κ1) is 33.6. The molecule has 0 aliphatic carbocycles. The van der Waals surface area contributed by atoms with Crippen molar-refractivity contribution in [3.63, 3.8) is 0 Å². The van der Waals surface area contributed by atoms with E-state index in [4.69, 9.17) is 4.42 Å². The van der Waals surface area contributed by atoms with Crippen LogP contribution in [0.5, 0.6) is 0 Å². The zero-order chi connectivity index (χ0) is 38.4. The molecule has 0 spiro atoms. The van der Waals surface area contributed by atoms with Crippen LogP contribution in [0, 0.1) is 0 Å². The topological polar surface area (TPSA) is 18.1 Å². The van der Waals surface area contributed by atoms with Gasteiger partial charge in [0.15, 0.2) is 0 Å². The normalized spacial score (nSPS) is 11.4. The van der Waals surface area contributed by atoms with Crippen molar-refractivity contribution in [3.8, 4) is 72.4 Å². The van der Waals surface area contributed by atoms with Crippen LogP contribution in [-0.4, -0.2) is 4.57 Å². The van der Waals surface area contributed by atoms with Gasteiger partial charge in [-0.25, -0.2) is 0 Å². The maximum absolute atomic E-state index is 6.28. The van der Waals surface area contributed by atoms with E-state index in [0.717, 1.165) is 38.8 Å². The number of benzene rings is 9. The van der Waals surface area contributed by atoms with Crippen molar-refractivity contribution >= 4 is 32.8 Å². The zero-order valence-electron chi connectivity index (χ0n) is 31.7. The summed E-state index contributed by atoms with van der Waals surface area (Å²) in [4.78, 5) is 0. The van der Waals surface area contributed by atoms with E-state index in [1.807, 2.05) is 0 Å². The average molecular weight is 740 g/mol. The van der Waals surface area contributed by atoms with Gasteiger partial charge >= 0.3 is 0 Å². The highest BCUT2D eigenvalue weighted by Gasteiger charge is 2.15. The Labute approximate surface area is 337 Å². The number of furan rings is 1. The maximum atomic E-state index is 6.28. The molecule has 0 bridgehead atoms. The first-order chi connectivity index (χ1) is 28.7. The van der Waals surface area contributed by atoms with Gasteiger partial charge < -0.3 is 8.98 Å². The van der Waals surface area contributed by atoms with E-state index in [9.17, 15) is 0 Å². The molecule has 2 heteroatoms. The van der Waals surface area contributed by atoms with Crippen molar-refractivity contribution in [2.24, 2.45) is 0 Å². The zero-order valence-corrected chi connectivity index (χ0v) is 31.7. The number of aromatic nitrogens is 1. The molecule has 0 aliphatic rings. The van der Waals surface area contributed by atoms with E-state index in [2.05, 4.69) is 229 Å². The van der Waals surface area contributed by atoms with E-state index >= 15 is 0 Å². The fraction of sp³-hybridized carbons (Fsp3) is 0. The molecule has 272 valence electrons. The van der Waals surface area contributed by atoms with E-state index in [0.29, 0.717) is 0 Å². The van der Waals surface area contributed by atoms with E-state index in [1.165, 1.54) is 66.5 Å². The minimum absolute atomic E-state index is 0.898. The number of nitrogens with zero attached hydrogens (tertiary/aromatic N) is 1. The third-order valence-electron chi connectivity index (χ3n) is 11.5. The minimum atomic E-state index is 0.898. The summed E-state index contributed by atoms with van der Waals surface area (Å²) >= 11 is 0. The maximum Gasteiger partial charge on any atom is 0.135 e. The Balaban J connectivity index is 0.972. The first-order valence-electron chi connectivity index (χ1n) is 19.8. The van der Waals surface area contributed by atoms with Crippen LogP contribution in [0.15, 0.2) is 229 Å². The Kier molecular flexibility index (Phi) is 8.19. The molecule has 0 amide bonds. The molecule has 11 aromatic rings.